The van der Waals surface area contributed by atoms with Crippen LogP contribution in [0, 0.1) is 6.92 Å². The summed E-state index contributed by atoms with van der Waals surface area (Å²) in [7, 11) is 1.68. The van der Waals surface area contributed by atoms with Gasteiger partial charge in [-0.25, -0.2) is 4.98 Å². The highest BCUT2D eigenvalue weighted by Crippen LogP contribution is 2.24. The number of aryl methyl sites for hydroxylation is 1. The molecule has 0 radical (unpaired) electrons. The van der Waals surface area contributed by atoms with Crippen molar-refractivity contribution < 1.29 is 4.74 Å². The molecule has 1 heterocycles. The highest BCUT2D eigenvalue weighted by atomic mass is 79.9. The van der Waals surface area contributed by atoms with Gasteiger partial charge in [0.2, 0.25) is 0 Å². The van der Waals surface area contributed by atoms with Crippen LogP contribution in [0.4, 0.5) is 5.82 Å². The lowest BCUT2D eigenvalue weighted by atomic mass is 10.2. The van der Waals surface area contributed by atoms with Crippen LogP contribution in [0.25, 0.3) is 0 Å². The van der Waals surface area contributed by atoms with Crippen LogP contribution >= 0.6 is 15.9 Å². The fourth-order valence-corrected chi connectivity index (χ4v) is 1.78. The molecule has 1 unspecified atom stereocenters. The minimum absolute atomic E-state index is 0.195. The van der Waals surface area contributed by atoms with Gasteiger partial charge < -0.3 is 15.8 Å². The second-order valence-electron chi connectivity index (χ2n) is 3.66. The second kappa shape index (κ2) is 6.83. The zero-order valence-corrected chi connectivity index (χ0v) is 11.3. The van der Waals surface area contributed by atoms with Gasteiger partial charge in [-0.1, -0.05) is 0 Å². The molecule has 0 aliphatic heterocycles. The first-order chi connectivity index (χ1) is 7.69. The van der Waals surface area contributed by atoms with Gasteiger partial charge in [0.1, 0.15) is 5.82 Å². The Hall–Kier alpha value is -0.650. The monoisotopic (exact) mass is 287 g/mol. The molecule has 0 fully saturated rings. The smallest absolute Gasteiger partial charge is 0.140 e. The zero-order valence-electron chi connectivity index (χ0n) is 9.66. The number of anilines is 1. The lowest BCUT2D eigenvalue weighted by Gasteiger charge is -2.18. The fourth-order valence-electron chi connectivity index (χ4n) is 1.43. The number of nitrogens with two attached hydrogens (primary N) is 1. The third-order valence-electron chi connectivity index (χ3n) is 2.31. The third kappa shape index (κ3) is 3.73. The van der Waals surface area contributed by atoms with Crippen LogP contribution in [0.5, 0.6) is 0 Å². The molecule has 0 saturated carbocycles. The summed E-state index contributed by atoms with van der Waals surface area (Å²) < 4.78 is 6.13. The van der Waals surface area contributed by atoms with E-state index in [1.54, 1.807) is 13.3 Å². The highest BCUT2D eigenvalue weighted by Gasteiger charge is 2.11. The molecule has 1 aromatic heterocycles. The van der Waals surface area contributed by atoms with Crippen molar-refractivity contribution in [2.45, 2.75) is 19.4 Å². The lowest BCUT2D eigenvalue weighted by Crippen LogP contribution is -2.28. The van der Waals surface area contributed by atoms with E-state index in [9.17, 15) is 0 Å². The molecule has 0 bridgehead atoms. The Labute approximate surface area is 105 Å². The normalized spacial score (nSPS) is 12.5. The molecule has 3 N–H and O–H groups in total. The number of rotatable bonds is 6. The number of halogens is 1. The predicted octanol–water partition coefficient (Wildman–Crippen LogP) is 1.93. The zero-order chi connectivity index (χ0) is 12.0. The molecular weight excluding hydrogens is 270 g/mol. The van der Waals surface area contributed by atoms with Gasteiger partial charge in [-0.2, -0.15) is 0 Å². The van der Waals surface area contributed by atoms with Crippen molar-refractivity contribution in [3.63, 3.8) is 0 Å². The van der Waals surface area contributed by atoms with Crippen molar-refractivity contribution in [2.75, 3.05) is 25.6 Å². The molecule has 1 rings (SSSR count). The standard InChI is InChI=1S/C11H18BrN3O/c1-8-4-6-14-11(10(8)12)15-9(3-5-13)7-16-2/h4,6,9H,3,5,7,13H2,1-2H3,(H,14,15). The predicted molar refractivity (Wildman–Crippen MR) is 69.6 cm³/mol. The summed E-state index contributed by atoms with van der Waals surface area (Å²) >= 11 is 3.51. The number of hydrogen-bond donors (Lipinski definition) is 2. The molecule has 0 aliphatic rings. The van der Waals surface area contributed by atoms with Crippen LogP contribution in [0.2, 0.25) is 0 Å². The van der Waals surface area contributed by atoms with E-state index >= 15 is 0 Å². The van der Waals surface area contributed by atoms with Gasteiger partial charge >= 0.3 is 0 Å². The summed E-state index contributed by atoms with van der Waals surface area (Å²) in [6.45, 7) is 3.29. The molecular formula is C11H18BrN3O. The molecule has 0 aromatic carbocycles. The maximum absolute atomic E-state index is 5.55. The van der Waals surface area contributed by atoms with Crippen molar-refractivity contribution >= 4 is 21.7 Å². The number of aromatic nitrogens is 1. The summed E-state index contributed by atoms with van der Waals surface area (Å²) in [5, 5.41) is 3.33. The first-order valence-electron chi connectivity index (χ1n) is 5.25. The van der Waals surface area contributed by atoms with Crippen LogP contribution in [0.3, 0.4) is 0 Å². The molecule has 5 heteroatoms. The molecule has 1 atom stereocenters. The summed E-state index contributed by atoms with van der Waals surface area (Å²) in [6, 6.07) is 2.16. The van der Waals surface area contributed by atoms with Crippen LogP contribution in [0.15, 0.2) is 16.7 Å². The van der Waals surface area contributed by atoms with Gasteiger partial charge in [0.15, 0.2) is 0 Å². The van der Waals surface area contributed by atoms with Crippen molar-refractivity contribution in [1.29, 1.82) is 0 Å². The average molecular weight is 288 g/mol. The van der Waals surface area contributed by atoms with E-state index in [1.807, 2.05) is 13.0 Å². The molecule has 0 aliphatic carbocycles. The molecule has 4 nitrogen and oxygen atoms in total. The number of nitrogens with zero attached hydrogens (tertiary/aromatic N) is 1. The maximum atomic E-state index is 5.55. The highest BCUT2D eigenvalue weighted by molar-refractivity contribution is 9.10. The molecule has 16 heavy (non-hydrogen) atoms. The fraction of sp³-hybridized carbons (Fsp3) is 0.545. The maximum Gasteiger partial charge on any atom is 0.140 e. The van der Waals surface area contributed by atoms with Gasteiger partial charge in [-0.3, -0.25) is 0 Å². The quantitative estimate of drug-likeness (QED) is 0.839. The molecule has 0 amide bonds. The average Bonchev–Trinajstić information content (AvgIpc) is 2.25. The summed E-state index contributed by atoms with van der Waals surface area (Å²) in [5.41, 5.74) is 6.71. The van der Waals surface area contributed by atoms with Gasteiger partial charge in [-0.05, 0) is 47.4 Å². The van der Waals surface area contributed by atoms with E-state index in [0.717, 1.165) is 22.3 Å². The molecule has 1 aromatic rings. The van der Waals surface area contributed by atoms with Crippen molar-refractivity contribution in [1.82, 2.24) is 4.98 Å². The van der Waals surface area contributed by atoms with Crippen LogP contribution in [0.1, 0.15) is 12.0 Å². The summed E-state index contributed by atoms with van der Waals surface area (Å²) in [4.78, 5) is 4.29. The van der Waals surface area contributed by atoms with Gasteiger partial charge in [-0.15, -0.1) is 0 Å². The largest absolute Gasteiger partial charge is 0.383 e. The molecule has 90 valence electrons. The second-order valence-corrected chi connectivity index (χ2v) is 4.46. The van der Waals surface area contributed by atoms with E-state index in [1.165, 1.54) is 0 Å². The van der Waals surface area contributed by atoms with E-state index < -0.39 is 0 Å². The number of nitrogens with one attached hydrogen (secondary N) is 1. The number of methoxy groups -OCH3 is 1. The number of pyridine rings is 1. The minimum atomic E-state index is 0.195. The van der Waals surface area contributed by atoms with E-state index in [2.05, 4.69) is 26.2 Å². The summed E-state index contributed by atoms with van der Waals surface area (Å²) in [5.74, 6) is 0.843. The Morgan fingerprint density at radius 3 is 3.00 bits per heavy atom. The van der Waals surface area contributed by atoms with E-state index in [0.29, 0.717) is 13.2 Å². The van der Waals surface area contributed by atoms with E-state index in [-0.39, 0.29) is 6.04 Å². The Morgan fingerprint density at radius 1 is 1.62 bits per heavy atom. The van der Waals surface area contributed by atoms with Gasteiger partial charge in [0.05, 0.1) is 17.1 Å². The molecule has 0 saturated heterocycles. The Bertz CT molecular complexity index is 327. The first kappa shape index (κ1) is 13.4. The minimum Gasteiger partial charge on any atom is -0.383 e. The number of ether oxygens (including phenoxy) is 1. The van der Waals surface area contributed by atoms with Crippen molar-refractivity contribution in [2.24, 2.45) is 5.73 Å². The first-order valence-corrected chi connectivity index (χ1v) is 6.05. The van der Waals surface area contributed by atoms with Crippen molar-refractivity contribution in [3.05, 3.63) is 22.3 Å². The molecule has 0 spiro atoms. The number of hydrogen-bond acceptors (Lipinski definition) is 4. The van der Waals surface area contributed by atoms with Gasteiger partial charge in [0, 0.05) is 13.3 Å². The van der Waals surface area contributed by atoms with Crippen LogP contribution < -0.4 is 11.1 Å². The third-order valence-corrected chi connectivity index (χ3v) is 3.31. The topological polar surface area (TPSA) is 60.2 Å². The van der Waals surface area contributed by atoms with Crippen LogP contribution in [-0.2, 0) is 4.74 Å². The Balaban J connectivity index is 2.72. The SMILES string of the molecule is COCC(CCN)Nc1nccc(C)c1Br. The van der Waals surface area contributed by atoms with Gasteiger partial charge in [0.25, 0.3) is 0 Å². The van der Waals surface area contributed by atoms with Crippen molar-refractivity contribution in [3.8, 4) is 0 Å². The Morgan fingerprint density at radius 2 is 2.38 bits per heavy atom. The van der Waals surface area contributed by atoms with Crippen LogP contribution in [-0.4, -0.2) is 31.3 Å². The van der Waals surface area contributed by atoms with E-state index in [4.69, 9.17) is 10.5 Å². The Kier molecular flexibility index (Phi) is 5.73. The lowest BCUT2D eigenvalue weighted by molar-refractivity contribution is 0.183. The summed E-state index contributed by atoms with van der Waals surface area (Å²) in [6.07, 6.45) is 2.64.